The molecule has 1 aromatic carbocycles. The van der Waals surface area contributed by atoms with E-state index in [9.17, 15) is 9.90 Å². The van der Waals surface area contributed by atoms with Gasteiger partial charge in [0.25, 0.3) is 0 Å². The van der Waals surface area contributed by atoms with Crippen molar-refractivity contribution >= 4 is 11.7 Å². The first-order chi connectivity index (χ1) is 9.24. The molecule has 4 nitrogen and oxygen atoms in total. The fourth-order valence-electron chi connectivity index (χ4n) is 2.74. The number of rotatable bonds is 6. The third-order valence-electron chi connectivity index (χ3n) is 3.98. The molecule has 1 aliphatic heterocycles. The number of benzene rings is 1. The highest BCUT2D eigenvalue weighted by Gasteiger charge is 2.29. The lowest BCUT2D eigenvalue weighted by Crippen LogP contribution is -2.40. The van der Waals surface area contributed by atoms with E-state index < -0.39 is 12.0 Å². The van der Waals surface area contributed by atoms with Crippen LogP contribution in [0.5, 0.6) is 0 Å². The molecule has 1 aromatic rings. The molecule has 1 fully saturated rings. The van der Waals surface area contributed by atoms with Gasteiger partial charge in [-0.3, -0.25) is 4.79 Å². The summed E-state index contributed by atoms with van der Waals surface area (Å²) in [5, 5.41) is 12.5. The van der Waals surface area contributed by atoms with E-state index in [0.29, 0.717) is 12.5 Å². The van der Waals surface area contributed by atoms with Crippen molar-refractivity contribution in [3.8, 4) is 0 Å². The SMILES string of the molecule is O=C(O)C(CCN1CCc2ccccc21)NC1CC1. The normalized spacial score (nSPS) is 19.3. The van der Waals surface area contributed by atoms with Crippen molar-refractivity contribution in [3.63, 3.8) is 0 Å². The van der Waals surface area contributed by atoms with Gasteiger partial charge < -0.3 is 15.3 Å². The van der Waals surface area contributed by atoms with Gasteiger partial charge in [-0.15, -0.1) is 0 Å². The number of fused-ring (bicyclic) bond motifs is 1. The molecule has 0 radical (unpaired) electrons. The molecule has 0 aromatic heterocycles. The summed E-state index contributed by atoms with van der Waals surface area (Å²) in [6.45, 7) is 1.82. The van der Waals surface area contributed by atoms with Crippen LogP contribution in [0, 0.1) is 0 Å². The number of nitrogens with one attached hydrogen (secondary N) is 1. The van der Waals surface area contributed by atoms with E-state index in [1.807, 2.05) is 6.07 Å². The summed E-state index contributed by atoms with van der Waals surface area (Å²) in [4.78, 5) is 13.5. The molecule has 4 heteroatoms. The number of para-hydroxylation sites is 1. The largest absolute Gasteiger partial charge is 0.480 e. The lowest BCUT2D eigenvalue weighted by Gasteiger charge is -2.22. The average Bonchev–Trinajstić information content (AvgIpc) is 3.13. The Labute approximate surface area is 113 Å². The first-order valence-electron chi connectivity index (χ1n) is 7.06. The van der Waals surface area contributed by atoms with Gasteiger partial charge in [-0.05, 0) is 37.3 Å². The van der Waals surface area contributed by atoms with Crippen LogP contribution in [-0.4, -0.2) is 36.2 Å². The fraction of sp³-hybridized carbons (Fsp3) is 0.533. The maximum absolute atomic E-state index is 11.2. The zero-order valence-electron chi connectivity index (χ0n) is 11.0. The van der Waals surface area contributed by atoms with Crippen LogP contribution in [0.2, 0.25) is 0 Å². The monoisotopic (exact) mass is 260 g/mol. The summed E-state index contributed by atoms with van der Waals surface area (Å²) in [5.41, 5.74) is 2.66. The molecule has 102 valence electrons. The predicted molar refractivity (Wildman–Crippen MR) is 74.6 cm³/mol. The molecule has 1 saturated carbocycles. The van der Waals surface area contributed by atoms with E-state index >= 15 is 0 Å². The second-order valence-corrected chi connectivity index (χ2v) is 5.49. The van der Waals surface area contributed by atoms with E-state index in [4.69, 9.17) is 0 Å². The van der Waals surface area contributed by atoms with Gasteiger partial charge in [0.2, 0.25) is 0 Å². The molecule has 0 spiro atoms. The molecule has 1 atom stereocenters. The van der Waals surface area contributed by atoms with Crippen molar-refractivity contribution in [2.24, 2.45) is 0 Å². The van der Waals surface area contributed by atoms with E-state index in [2.05, 4.69) is 28.4 Å². The van der Waals surface area contributed by atoms with Gasteiger partial charge in [-0.1, -0.05) is 18.2 Å². The molecule has 1 heterocycles. The van der Waals surface area contributed by atoms with Gasteiger partial charge in [0.05, 0.1) is 0 Å². The highest BCUT2D eigenvalue weighted by atomic mass is 16.4. The molecule has 2 N–H and O–H groups in total. The highest BCUT2D eigenvalue weighted by Crippen LogP contribution is 2.27. The molecule has 3 rings (SSSR count). The molecule has 19 heavy (non-hydrogen) atoms. The van der Waals surface area contributed by atoms with Gasteiger partial charge >= 0.3 is 5.97 Å². The summed E-state index contributed by atoms with van der Waals surface area (Å²) in [5.74, 6) is -0.723. The standard InChI is InChI=1S/C15H20N2O2/c18-15(19)13(16-12-5-6-12)8-10-17-9-7-11-3-1-2-4-14(11)17/h1-4,12-13,16H,5-10H2,(H,18,19). The number of carboxylic acids is 1. The number of carbonyl (C=O) groups is 1. The smallest absolute Gasteiger partial charge is 0.320 e. The maximum Gasteiger partial charge on any atom is 0.320 e. The topological polar surface area (TPSA) is 52.6 Å². The summed E-state index contributed by atoms with van der Waals surface area (Å²) in [7, 11) is 0. The van der Waals surface area contributed by atoms with Crippen molar-refractivity contribution in [1.29, 1.82) is 0 Å². The van der Waals surface area contributed by atoms with Crippen LogP contribution in [0.4, 0.5) is 5.69 Å². The van der Waals surface area contributed by atoms with Gasteiger partial charge in [0.15, 0.2) is 0 Å². The number of aliphatic carboxylic acids is 1. The fourth-order valence-corrected chi connectivity index (χ4v) is 2.74. The number of carboxylic acid groups (broad SMARTS) is 1. The Balaban J connectivity index is 1.58. The van der Waals surface area contributed by atoms with Crippen LogP contribution in [0.1, 0.15) is 24.8 Å². The summed E-state index contributed by atoms with van der Waals surface area (Å²) in [6.07, 6.45) is 3.98. The van der Waals surface area contributed by atoms with Gasteiger partial charge in [0, 0.05) is 24.8 Å². The predicted octanol–water partition coefficient (Wildman–Crippen LogP) is 1.64. The third-order valence-corrected chi connectivity index (χ3v) is 3.98. The first kappa shape index (κ1) is 12.5. The lowest BCUT2D eigenvalue weighted by molar-refractivity contribution is -0.139. The van der Waals surface area contributed by atoms with Crippen molar-refractivity contribution in [3.05, 3.63) is 29.8 Å². The van der Waals surface area contributed by atoms with Crippen molar-refractivity contribution in [1.82, 2.24) is 5.32 Å². The van der Waals surface area contributed by atoms with Gasteiger partial charge in [0.1, 0.15) is 6.04 Å². The van der Waals surface area contributed by atoms with Crippen molar-refractivity contribution in [2.75, 3.05) is 18.0 Å². The zero-order chi connectivity index (χ0) is 13.2. The van der Waals surface area contributed by atoms with Crippen LogP contribution in [0.25, 0.3) is 0 Å². The molecule has 2 aliphatic rings. The van der Waals surface area contributed by atoms with Crippen molar-refractivity contribution < 1.29 is 9.90 Å². The Bertz CT molecular complexity index is 471. The summed E-state index contributed by atoms with van der Waals surface area (Å²) >= 11 is 0. The van der Waals surface area contributed by atoms with Gasteiger partial charge in [-0.25, -0.2) is 0 Å². The van der Waals surface area contributed by atoms with E-state index in [0.717, 1.165) is 32.4 Å². The van der Waals surface area contributed by atoms with Crippen LogP contribution in [-0.2, 0) is 11.2 Å². The van der Waals surface area contributed by atoms with Crippen LogP contribution < -0.4 is 10.2 Å². The Kier molecular flexibility index (Phi) is 3.42. The van der Waals surface area contributed by atoms with E-state index in [-0.39, 0.29) is 0 Å². The minimum Gasteiger partial charge on any atom is -0.480 e. The minimum absolute atomic E-state index is 0.403. The highest BCUT2D eigenvalue weighted by molar-refractivity contribution is 5.73. The van der Waals surface area contributed by atoms with Crippen molar-refractivity contribution in [2.45, 2.75) is 37.8 Å². The Morgan fingerprint density at radius 3 is 2.95 bits per heavy atom. The molecule has 1 unspecified atom stereocenters. The molecule has 0 bridgehead atoms. The Morgan fingerprint density at radius 1 is 1.42 bits per heavy atom. The molecular formula is C15H20N2O2. The molecule has 0 saturated heterocycles. The molecular weight excluding hydrogens is 240 g/mol. The Morgan fingerprint density at radius 2 is 2.21 bits per heavy atom. The second-order valence-electron chi connectivity index (χ2n) is 5.49. The quantitative estimate of drug-likeness (QED) is 0.816. The molecule has 0 amide bonds. The summed E-state index contributed by atoms with van der Waals surface area (Å²) in [6, 6.07) is 8.44. The maximum atomic E-state index is 11.2. The number of nitrogens with zero attached hydrogens (tertiary/aromatic N) is 1. The molecule has 1 aliphatic carbocycles. The van der Waals surface area contributed by atoms with Gasteiger partial charge in [-0.2, -0.15) is 0 Å². The van der Waals surface area contributed by atoms with Crippen LogP contribution in [0.3, 0.4) is 0 Å². The zero-order valence-corrected chi connectivity index (χ0v) is 11.0. The average molecular weight is 260 g/mol. The minimum atomic E-state index is -0.723. The van der Waals surface area contributed by atoms with E-state index in [1.165, 1.54) is 11.3 Å². The Hall–Kier alpha value is -1.55. The third kappa shape index (κ3) is 2.89. The number of anilines is 1. The van der Waals surface area contributed by atoms with Crippen LogP contribution in [0.15, 0.2) is 24.3 Å². The first-order valence-corrected chi connectivity index (χ1v) is 7.06. The van der Waals surface area contributed by atoms with Crippen LogP contribution >= 0.6 is 0 Å². The number of hydrogen-bond donors (Lipinski definition) is 2. The lowest BCUT2D eigenvalue weighted by atomic mass is 10.1. The number of hydrogen-bond acceptors (Lipinski definition) is 3. The second kappa shape index (κ2) is 5.21. The van der Waals surface area contributed by atoms with E-state index in [1.54, 1.807) is 0 Å². The summed E-state index contributed by atoms with van der Waals surface area (Å²) < 4.78 is 0.